The molecule has 2 N–H and O–H groups in total. The van der Waals surface area contributed by atoms with Crippen LogP contribution in [0.3, 0.4) is 0 Å². The summed E-state index contributed by atoms with van der Waals surface area (Å²) in [6, 6.07) is 2.53. The van der Waals surface area contributed by atoms with Gasteiger partial charge in [-0.1, -0.05) is 23.2 Å². The first-order valence-electron chi connectivity index (χ1n) is 5.64. The molecule has 0 aliphatic carbocycles. The fraction of sp³-hybridized carbons (Fsp3) is 0.364. The number of carbonyl (C=O) groups excluding carboxylic acids is 1. The highest BCUT2D eigenvalue weighted by atomic mass is 35.5. The Labute approximate surface area is 126 Å². The molecular weight excluding hydrogens is 327 g/mol. The second-order valence-corrected chi connectivity index (χ2v) is 6.68. The summed E-state index contributed by atoms with van der Waals surface area (Å²) in [6.45, 7) is 0.587. The van der Waals surface area contributed by atoms with Gasteiger partial charge in [0, 0.05) is 20.0 Å². The molecule has 0 bridgehead atoms. The van der Waals surface area contributed by atoms with E-state index < -0.39 is 16.1 Å². The number of ether oxygens (including phenoxy) is 1. The molecule has 1 atom stereocenters. The van der Waals surface area contributed by atoms with Crippen molar-refractivity contribution in [2.45, 2.75) is 17.4 Å². The molecule has 1 aromatic rings. The van der Waals surface area contributed by atoms with Crippen LogP contribution in [0, 0.1) is 0 Å². The number of sulfonamides is 1. The van der Waals surface area contributed by atoms with Gasteiger partial charge in [-0.2, -0.15) is 0 Å². The molecule has 1 heterocycles. The Morgan fingerprint density at radius 2 is 2.00 bits per heavy atom. The molecule has 0 spiro atoms. The first kappa shape index (κ1) is 15.4. The topological polar surface area (TPSA) is 89.7 Å². The van der Waals surface area contributed by atoms with E-state index in [9.17, 15) is 13.2 Å². The summed E-state index contributed by atoms with van der Waals surface area (Å²) in [5, 5.41) is 4.71. The third-order valence-electron chi connectivity index (χ3n) is 2.97. The van der Waals surface area contributed by atoms with Crippen LogP contribution in [0.5, 0.6) is 5.75 Å². The van der Waals surface area contributed by atoms with Crippen molar-refractivity contribution in [2.24, 2.45) is 5.14 Å². The number of likely N-dealkylation sites (tertiary alicyclic amines) is 1. The van der Waals surface area contributed by atoms with Gasteiger partial charge < -0.3 is 9.64 Å². The van der Waals surface area contributed by atoms with Crippen LogP contribution in [0.4, 0.5) is 0 Å². The standard InChI is InChI=1S/C11H12Cl2N2O4S/c1-15-5-4-7(11(15)16)19-6-2-3-8(20(14,17)18)10(13)9(6)12/h2-3,7H,4-5H2,1H3,(H2,14,17,18). The molecule has 0 radical (unpaired) electrons. The number of nitrogens with zero attached hydrogens (tertiary/aromatic N) is 1. The Hall–Kier alpha value is -1.02. The summed E-state index contributed by atoms with van der Waals surface area (Å²) in [5.74, 6) is -0.00886. The molecule has 1 amide bonds. The van der Waals surface area contributed by atoms with Crippen molar-refractivity contribution in [3.8, 4) is 5.75 Å². The molecule has 0 saturated carbocycles. The lowest BCUT2D eigenvalue weighted by atomic mass is 10.3. The molecule has 1 fully saturated rings. The number of rotatable bonds is 3. The summed E-state index contributed by atoms with van der Waals surface area (Å²) < 4.78 is 28.1. The van der Waals surface area contributed by atoms with Gasteiger partial charge in [0.1, 0.15) is 15.7 Å². The zero-order chi connectivity index (χ0) is 15.1. The number of amides is 1. The first-order valence-corrected chi connectivity index (χ1v) is 7.94. The lowest BCUT2D eigenvalue weighted by Gasteiger charge is -2.15. The van der Waals surface area contributed by atoms with Crippen LogP contribution in [0.15, 0.2) is 17.0 Å². The Kier molecular flexibility index (Phi) is 4.15. The molecule has 1 unspecified atom stereocenters. The van der Waals surface area contributed by atoms with Crippen molar-refractivity contribution in [3.05, 3.63) is 22.2 Å². The fourth-order valence-corrected chi connectivity index (χ4v) is 3.23. The predicted octanol–water partition coefficient (Wildman–Crippen LogP) is 1.25. The summed E-state index contributed by atoms with van der Waals surface area (Å²) in [6.07, 6.45) is -0.117. The zero-order valence-electron chi connectivity index (χ0n) is 10.5. The number of primary sulfonamides is 1. The second kappa shape index (κ2) is 5.40. The number of benzene rings is 1. The van der Waals surface area contributed by atoms with Gasteiger partial charge in [-0.25, -0.2) is 13.6 Å². The molecule has 6 nitrogen and oxygen atoms in total. The van der Waals surface area contributed by atoms with Crippen LogP contribution >= 0.6 is 23.2 Å². The number of likely N-dealkylation sites (N-methyl/N-ethyl adjacent to an activating group) is 1. The van der Waals surface area contributed by atoms with Crippen molar-refractivity contribution in [1.29, 1.82) is 0 Å². The lowest BCUT2D eigenvalue weighted by molar-refractivity contribution is -0.132. The number of hydrogen-bond acceptors (Lipinski definition) is 4. The van der Waals surface area contributed by atoms with Gasteiger partial charge in [0.05, 0.1) is 5.02 Å². The maximum Gasteiger partial charge on any atom is 0.263 e. The predicted molar refractivity (Wildman–Crippen MR) is 74.5 cm³/mol. The fourth-order valence-electron chi connectivity index (χ4n) is 1.88. The summed E-state index contributed by atoms with van der Waals surface area (Å²) in [4.78, 5) is 13.0. The van der Waals surface area contributed by atoms with Crippen molar-refractivity contribution in [3.63, 3.8) is 0 Å². The average Bonchev–Trinajstić information content (AvgIpc) is 2.65. The number of hydrogen-bond donors (Lipinski definition) is 1. The van der Waals surface area contributed by atoms with E-state index in [-0.39, 0.29) is 26.6 Å². The number of halogens is 2. The van der Waals surface area contributed by atoms with E-state index in [0.717, 1.165) is 0 Å². The van der Waals surface area contributed by atoms with E-state index in [1.165, 1.54) is 12.1 Å². The average molecular weight is 339 g/mol. The maximum atomic E-state index is 11.7. The van der Waals surface area contributed by atoms with E-state index in [4.69, 9.17) is 33.1 Å². The normalized spacial score (nSPS) is 19.5. The van der Waals surface area contributed by atoms with Crippen LogP contribution in [-0.2, 0) is 14.8 Å². The minimum atomic E-state index is -3.97. The van der Waals surface area contributed by atoms with Gasteiger partial charge in [0.2, 0.25) is 10.0 Å². The van der Waals surface area contributed by atoms with Gasteiger partial charge in [-0.3, -0.25) is 4.79 Å². The largest absolute Gasteiger partial charge is 0.479 e. The lowest BCUT2D eigenvalue weighted by Crippen LogP contribution is -2.29. The Bertz CT molecular complexity index is 663. The van der Waals surface area contributed by atoms with E-state index >= 15 is 0 Å². The Morgan fingerprint density at radius 3 is 2.50 bits per heavy atom. The van der Waals surface area contributed by atoms with Crippen LogP contribution in [0.2, 0.25) is 10.0 Å². The molecule has 1 aliphatic rings. The third-order valence-corrected chi connectivity index (χ3v) is 4.90. The van der Waals surface area contributed by atoms with Crippen molar-refractivity contribution < 1.29 is 17.9 Å². The summed E-state index contributed by atoms with van der Waals surface area (Å²) in [5.41, 5.74) is 0. The number of nitrogens with two attached hydrogens (primary N) is 1. The maximum absolute atomic E-state index is 11.7. The highest BCUT2D eigenvalue weighted by Gasteiger charge is 2.32. The Morgan fingerprint density at radius 1 is 1.35 bits per heavy atom. The van der Waals surface area contributed by atoms with Crippen LogP contribution < -0.4 is 9.88 Å². The van der Waals surface area contributed by atoms with Crippen LogP contribution in [0.25, 0.3) is 0 Å². The van der Waals surface area contributed by atoms with E-state index in [1.54, 1.807) is 11.9 Å². The minimum absolute atomic E-state index is 0.0828. The van der Waals surface area contributed by atoms with Crippen molar-refractivity contribution in [1.82, 2.24) is 4.90 Å². The Balaban J connectivity index is 2.31. The molecule has 2 rings (SSSR count). The van der Waals surface area contributed by atoms with Crippen molar-refractivity contribution >= 4 is 39.1 Å². The SMILES string of the molecule is CN1CCC(Oc2ccc(S(N)(=O)=O)c(Cl)c2Cl)C1=O. The minimum Gasteiger partial charge on any atom is -0.479 e. The number of carbonyl (C=O) groups is 1. The zero-order valence-corrected chi connectivity index (χ0v) is 12.8. The molecule has 1 aliphatic heterocycles. The van der Waals surface area contributed by atoms with E-state index in [0.29, 0.717) is 13.0 Å². The van der Waals surface area contributed by atoms with Gasteiger partial charge in [-0.05, 0) is 12.1 Å². The smallest absolute Gasteiger partial charge is 0.263 e. The molecule has 1 saturated heterocycles. The summed E-state index contributed by atoms with van der Waals surface area (Å²) in [7, 11) is -2.30. The van der Waals surface area contributed by atoms with Gasteiger partial charge in [-0.15, -0.1) is 0 Å². The molecule has 9 heteroatoms. The quantitative estimate of drug-likeness (QED) is 0.897. The van der Waals surface area contributed by atoms with Crippen LogP contribution in [0.1, 0.15) is 6.42 Å². The third kappa shape index (κ3) is 2.85. The molecular formula is C11H12Cl2N2O4S. The highest BCUT2D eigenvalue weighted by molar-refractivity contribution is 7.89. The molecule has 20 heavy (non-hydrogen) atoms. The van der Waals surface area contributed by atoms with E-state index in [1.807, 2.05) is 0 Å². The molecule has 0 aromatic heterocycles. The molecule has 1 aromatic carbocycles. The molecule has 110 valence electrons. The highest BCUT2D eigenvalue weighted by Crippen LogP contribution is 2.37. The monoisotopic (exact) mass is 338 g/mol. The van der Waals surface area contributed by atoms with Crippen molar-refractivity contribution in [2.75, 3.05) is 13.6 Å². The van der Waals surface area contributed by atoms with Gasteiger partial charge in [0.15, 0.2) is 6.10 Å². The van der Waals surface area contributed by atoms with Gasteiger partial charge >= 0.3 is 0 Å². The van der Waals surface area contributed by atoms with Gasteiger partial charge in [0.25, 0.3) is 5.91 Å². The van der Waals surface area contributed by atoms with E-state index in [2.05, 4.69) is 0 Å². The second-order valence-electron chi connectivity index (χ2n) is 4.39. The van der Waals surface area contributed by atoms with Crippen LogP contribution in [-0.4, -0.2) is 38.9 Å². The first-order chi connectivity index (χ1) is 9.21. The summed E-state index contributed by atoms with van der Waals surface area (Å²) >= 11 is 11.8.